The summed E-state index contributed by atoms with van der Waals surface area (Å²) in [5.41, 5.74) is 2.65. The molecule has 2 aromatic rings. The molecule has 2 aliphatic heterocycles. The maximum absolute atomic E-state index is 12.3. The normalized spacial score (nSPS) is 22.1. The Kier molecular flexibility index (Phi) is 7.25. The number of carbonyl (C=O) groups is 1. The van der Waals surface area contributed by atoms with Crippen molar-refractivity contribution in [3.63, 3.8) is 0 Å². The standard InChI is InChI=1S/C25H34N4O/c30-25(27-17-23-13-15-29(20-23)24-11-5-2-6-12-24)26-16-22-10-7-14-28(19-22)18-21-8-3-1-4-9-21/h1-6,8-9,11-12,22-23H,7,10,13-20H2,(H2,26,27,30)/t22-,23+/m0/s1. The molecular formula is C25H34N4O. The van der Waals surface area contributed by atoms with Crippen molar-refractivity contribution < 1.29 is 4.79 Å². The third kappa shape index (κ3) is 5.99. The van der Waals surface area contributed by atoms with Crippen LogP contribution in [0.5, 0.6) is 0 Å². The molecule has 5 heteroatoms. The van der Waals surface area contributed by atoms with Gasteiger partial charge in [-0.15, -0.1) is 0 Å². The molecule has 160 valence electrons. The first-order valence-corrected chi connectivity index (χ1v) is 11.3. The Morgan fingerprint density at radius 2 is 1.50 bits per heavy atom. The molecule has 2 heterocycles. The van der Waals surface area contributed by atoms with E-state index in [1.54, 1.807) is 0 Å². The number of urea groups is 1. The average Bonchev–Trinajstić information content (AvgIpc) is 3.27. The highest BCUT2D eigenvalue weighted by Gasteiger charge is 2.24. The fraction of sp³-hybridized carbons (Fsp3) is 0.480. The van der Waals surface area contributed by atoms with Gasteiger partial charge >= 0.3 is 6.03 Å². The third-order valence-corrected chi connectivity index (χ3v) is 6.36. The van der Waals surface area contributed by atoms with Crippen LogP contribution in [0, 0.1) is 11.8 Å². The van der Waals surface area contributed by atoms with Crippen molar-refractivity contribution in [2.45, 2.75) is 25.8 Å². The number of carbonyl (C=O) groups excluding carboxylic acids is 1. The summed E-state index contributed by atoms with van der Waals surface area (Å²) in [4.78, 5) is 17.2. The van der Waals surface area contributed by atoms with Gasteiger partial charge in [-0.05, 0) is 55.3 Å². The molecule has 0 radical (unpaired) electrons. The van der Waals surface area contributed by atoms with Crippen molar-refractivity contribution in [2.75, 3.05) is 44.2 Å². The SMILES string of the molecule is O=C(NC[C@H]1CCN(c2ccccc2)C1)NC[C@@H]1CCCN(Cc2ccccc2)C1. The van der Waals surface area contributed by atoms with Gasteiger partial charge in [0, 0.05) is 45.0 Å². The van der Waals surface area contributed by atoms with E-state index in [1.165, 1.54) is 24.1 Å². The Balaban J connectivity index is 1.14. The lowest BCUT2D eigenvalue weighted by Crippen LogP contribution is -2.44. The monoisotopic (exact) mass is 406 g/mol. The molecule has 5 nitrogen and oxygen atoms in total. The Labute approximate surface area is 180 Å². The maximum Gasteiger partial charge on any atom is 0.314 e. The van der Waals surface area contributed by atoms with Crippen LogP contribution in [0.1, 0.15) is 24.8 Å². The molecule has 2 fully saturated rings. The second-order valence-electron chi connectivity index (χ2n) is 8.76. The van der Waals surface area contributed by atoms with E-state index in [4.69, 9.17) is 0 Å². The summed E-state index contributed by atoms with van der Waals surface area (Å²) in [6.45, 7) is 6.81. The lowest BCUT2D eigenvalue weighted by Gasteiger charge is -2.32. The number of nitrogens with zero attached hydrogens (tertiary/aromatic N) is 2. The van der Waals surface area contributed by atoms with Gasteiger partial charge in [0.2, 0.25) is 0 Å². The van der Waals surface area contributed by atoms with Crippen LogP contribution in [0.4, 0.5) is 10.5 Å². The molecule has 4 rings (SSSR count). The minimum atomic E-state index is -0.0201. The summed E-state index contributed by atoms with van der Waals surface area (Å²) in [5, 5.41) is 6.21. The number of para-hydroxylation sites is 1. The first-order valence-electron chi connectivity index (χ1n) is 11.3. The number of nitrogens with one attached hydrogen (secondary N) is 2. The number of piperidine rings is 1. The van der Waals surface area contributed by atoms with E-state index in [0.717, 1.165) is 52.2 Å². The van der Waals surface area contributed by atoms with Crippen molar-refractivity contribution in [2.24, 2.45) is 11.8 Å². The predicted molar refractivity (Wildman–Crippen MR) is 123 cm³/mol. The molecule has 0 bridgehead atoms. The fourth-order valence-corrected chi connectivity index (χ4v) is 4.71. The Bertz CT molecular complexity index is 782. The van der Waals surface area contributed by atoms with Crippen molar-refractivity contribution in [1.82, 2.24) is 15.5 Å². The summed E-state index contributed by atoms with van der Waals surface area (Å²) >= 11 is 0. The molecule has 2 aromatic carbocycles. The number of hydrogen-bond acceptors (Lipinski definition) is 3. The zero-order chi connectivity index (χ0) is 20.6. The highest BCUT2D eigenvalue weighted by atomic mass is 16.2. The van der Waals surface area contributed by atoms with E-state index in [0.29, 0.717) is 11.8 Å². The van der Waals surface area contributed by atoms with E-state index < -0.39 is 0 Å². The van der Waals surface area contributed by atoms with Crippen LogP contribution in [0.2, 0.25) is 0 Å². The van der Waals surface area contributed by atoms with Gasteiger partial charge in [-0.3, -0.25) is 4.90 Å². The van der Waals surface area contributed by atoms with E-state index in [2.05, 4.69) is 81.1 Å². The molecule has 0 aromatic heterocycles. The quantitative estimate of drug-likeness (QED) is 0.737. The molecule has 2 saturated heterocycles. The molecule has 2 N–H and O–H groups in total. The predicted octanol–water partition coefficient (Wildman–Crippen LogP) is 3.72. The number of likely N-dealkylation sites (tertiary alicyclic amines) is 1. The number of anilines is 1. The summed E-state index contributed by atoms with van der Waals surface area (Å²) in [6.07, 6.45) is 3.53. The molecule has 2 atom stereocenters. The van der Waals surface area contributed by atoms with E-state index in [9.17, 15) is 4.79 Å². The second kappa shape index (κ2) is 10.5. The van der Waals surface area contributed by atoms with Crippen LogP contribution in [0.25, 0.3) is 0 Å². The van der Waals surface area contributed by atoms with Crippen LogP contribution in [0.3, 0.4) is 0 Å². The van der Waals surface area contributed by atoms with Gasteiger partial charge in [-0.25, -0.2) is 4.79 Å². The lowest BCUT2D eigenvalue weighted by atomic mass is 9.97. The van der Waals surface area contributed by atoms with Gasteiger partial charge in [0.1, 0.15) is 0 Å². The lowest BCUT2D eigenvalue weighted by molar-refractivity contribution is 0.165. The topological polar surface area (TPSA) is 47.6 Å². The fourth-order valence-electron chi connectivity index (χ4n) is 4.71. The van der Waals surface area contributed by atoms with Gasteiger partial charge in [-0.2, -0.15) is 0 Å². The first kappa shape index (κ1) is 20.7. The van der Waals surface area contributed by atoms with Gasteiger partial charge in [0.15, 0.2) is 0 Å². The summed E-state index contributed by atoms with van der Waals surface area (Å²) < 4.78 is 0. The van der Waals surface area contributed by atoms with Gasteiger partial charge in [-0.1, -0.05) is 48.5 Å². The van der Waals surface area contributed by atoms with Crippen molar-refractivity contribution in [3.8, 4) is 0 Å². The minimum absolute atomic E-state index is 0.0201. The number of benzene rings is 2. The Hall–Kier alpha value is -2.53. The van der Waals surface area contributed by atoms with Gasteiger partial charge in [0.25, 0.3) is 0 Å². The van der Waals surface area contributed by atoms with E-state index in [-0.39, 0.29) is 6.03 Å². The molecule has 0 saturated carbocycles. The minimum Gasteiger partial charge on any atom is -0.371 e. The van der Waals surface area contributed by atoms with E-state index >= 15 is 0 Å². The summed E-state index contributed by atoms with van der Waals surface area (Å²) in [7, 11) is 0. The van der Waals surface area contributed by atoms with Crippen LogP contribution < -0.4 is 15.5 Å². The smallest absolute Gasteiger partial charge is 0.314 e. The zero-order valence-corrected chi connectivity index (χ0v) is 17.8. The summed E-state index contributed by atoms with van der Waals surface area (Å²) in [6, 6.07) is 21.2. The van der Waals surface area contributed by atoms with Gasteiger partial charge < -0.3 is 15.5 Å². The average molecular weight is 407 g/mol. The highest BCUT2D eigenvalue weighted by molar-refractivity contribution is 5.73. The van der Waals surface area contributed by atoms with Crippen LogP contribution in [-0.2, 0) is 6.54 Å². The van der Waals surface area contributed by atoms with Crippen molar-refractivity contribution >= 4 is 11.7 Å². The number of hydrogen-bond donors (Lipinski definition) is 2. The second-order valence-corrected chi connectivity index (χ2v) is 8.76. The molecule has 2 aliphatic rings. The van der Waals surface area contributed by atoms with Crippen LogP contribution in [-0.4, -0.2) is 50.2 Å². The number of amides is 2. The Morgan fingerprint density at radius 3 is 2.23 bits per heavy atom. The zero-order valence-electron chi connectivity index (χ0n) is 17.8. The Morgan fingerprint density at radius 1 is 0.833 bits per heavy atom. The summed E-state index contributed by atoms with van der Waals surface area (Å²) in [5.74, 6) is 1.06. The van der Waals surface area contributed by atoms with Gasteiger partial charge in [0.05, 0.1) is 0 Å². The number of rotatable bonds is 7. The molecular weight excluding hydrogens is 372 g/mol. The molecule has 0 unspecified atom stereocenters. The van der Waals surface area contributed by atoms with Crippen LogP contribution >= 0.6 is 0 Å². The molecule has 0 aliphatic carbocycles. The third-order valence-electron chi connectivity index (χ3n) is 6.36. The van der Waals surface area contributed by atoms with Crippen molar-refractivity contribution in [1.29, 1.82) is 0 Å². The molecule has 2 amide bonds. The molecule has 30 heavy (non-hydrogen) atoms. The van der Waals surface area contributed by atoms with E-state index in [1.807, 2.05) is 0 Å². The largest absolute Gasteiger partial charge is 0.371 e. The highest BCUT2D eigenvalue weighted by Crippen LogP contribution is 2.23. The maximum atomic E-state index is 12.3. The first-order chi connectivity index (χ1) is 14.8. The van der Waals surface area contributed by atoms with Crippen LogP contribution in [0.15, 0.2) is 60.7 Å². The molecule has 0 spiro atoms. The van der Waals surface area contributed by atoms with Crippen molar-refractivity contribution in [3.05, 3.63) is 66.2 Å².